The molecule has 14 heterocycles. The smallest absolute Gasteiger partial charge is 0.364 e. The molecule has 106 heavy (non-hydrogen) atoms. The Morgan fingerprint density at radius 1 is 0.491 bits per heavy atom. The van der Waals surface area contributed by atoms with Gasteiger partial charge in [0.05, 0.1) is 35.4 Å². The number of hydrogen-bond acceptors (Lipinski definition) is 16. The predicted octanol–water partition coefficient (Wildman–Crippen LogP) is 17.7. The van der Waals surface area contributed by atoms with Gasteiger partial charge in [-0.05, 0) is 172 Å². The van der Waals surface area contributed by atoms with Gasteiger partial charge in [-0.25, -0.2) is 29.9 Å². The molecule has 11 aromatic rings. The number of halogens is 9. The zero-order chi connectivity index (χ0) is 73.5. The zero-order valence-electron chi connectivity index (χ0n) is 58.6. The topological polar surface area (TPSA) is 157 Å². The van der Waals surface area contributed by atoms with Gasteiger partial charge in [-0.15, -0.1) is 34.0 Å². The first-order valence-electron chi connectivity index (χ1n) is 35.9. The Morgan fingerprint density at radius 3 is 1.42 bits per heavy atom. The van der Waals surface area contributed by atoms with E-state index in [-0.39, 0.29) is 26.0 Å². The lowest BCUT2D eigenvalue weighted by Gasteiger charge is -2.40. The minimum Gasteiger partial charge on any atom is -0.364 e. The van der Waals surface area contributed by atoms with Crippen LogP contribution in [0.3, 0.4) is 0 Å². The number of nitriles is 1. The predicted molar refractivity (Wildman–Crippen MR) is 400 cm³/mol. The van der Waals surface area contributed by atoms with Crippen molar-refractivity contribution in [3.8, 4) is 6.07 Å². The second-order valence-electron chi connectivity index (χ2n) is 30.3. The molecular weight excluding hydrogens is 1430 g/mol. The first-order valence-corrected chi connectivity index (χ1v) is 38.4. The molecule has 2 unspecified atom stereocenters. The number of H-pyrrole nitrogens is 2. The van der Waals surface area contributed by atoms with Crippen LogP contribution in [0.15, 0.2) is 97.9 Å². The molecule has 8 aromatic heterocycles. The van der Waals surface area contributed by atoms with Crippen LogP contribution >= 0.6 is 34.0 Å². The van der Waals surface area contributed by atoms with E-state index < -0.39 is 37.8 Å². The Morgan fingerprint density at radius 2 is 0.925 bits per heavy atom. The second-order valence-corrected chi connectivity index (χ2v) is 33.6. The third kappa shape index (κ3) is 15.2. The van der Waals surface area contributed by atoms with Gasteiger partial charge in [0.1, 0.15) is 68.2 Å². The number of alkyl halides is 9. The molecular formula is C78H77F9N16S3. The number of aryl methyl sites for hydroxylation is 2. The maximum absolute atomic E-state index is 12.9. The van der Waals surface area contributed by atoms with Crippen molar-refractivity contribution in [2.75, 3.05) is 93.2 Å². The lowest BCUT2D eigenvalue weighted by atomic mass is 9.77. The number of likely N-dealkylation sites (tertiary alicyclic amines) is 3. The number of benzene rings is 3. The number of aromatic amines is 2. The van der Waals surface area contributed by atoms with Crippen LogP contribution in [0.4, 0.5) is 62.8 Å². The SMILES string of the molecule is Cc1c(CN2CCC3(CCN(c4ncnc5sc(CC(F)(F)F)cc45)C3)C2)ccc2[nH]c(C#N)cc12.FC(F)(F)Cc1cc2c(N3CCC4(CCN(Cc5ccc6c(c5)CC=C6)C4)C3)ncnc2s1.[C-]#[N+]c1cc2c(C)c(CN3CCC4(CCN(c5ncnc6sc(CC(F)(F)F)cc56)CC4)C3)ccc2[nH]1. The van der Waals surface area contributed by atoms with E-state index in [0.717, 1.165) is 239 Å². The van der Waals surface area contributed by atoms with Gasteiger partial charge in [-0.1, -0.05) is 49.1 Å². The molecule has 0 bridgehead atoms. The number of hydrogen-bond donors (Lipinski definition) is 2. The fourth-order valence-electron chi connectivity index (χ4n) is 17.7. The molecule has 2 atom stereocenters. The van der Waals surface area contributed by atoms with Crippen LogP contribution in [0.5, 0.6) is 0 Å². The highest BCUT2D eigenvalue weighted by Crippen LogP contribution is 2.48. The minimum atomic E-state index is -4.23. The maximum atomic E-state index is 12.9. The summed E-state index contributed by atoms with van der Waals surface area (Å²) in [5, 5.41) is 13.6. The van der Waals surface area contributed by atoms with E-state index in [1.807, 2.05) is 12.1 Å². The number of thiophene rings is 3. The van der Waals surface area contributed by atoms with Gasteiger partial charge in [0.15, 0.2) is 0 Å². The van der Waals surface area contributed by atoms with Crippen LogP contribution in [0.25, 0.3) is 63.4 Å². The average molecular weight is 1510 g/mol. The van der Waals surface area contributed by atoms with Crippen LogP contribution in [0, 0.1) is 48.0 Å². The molecule has 6 aliphatic heterocycles. The summed E-state index contributed by atoms with van der Waals surface area (Å²) < 4.78 is 116. The molecule has 28 heteroatoms. The van der Waals surface area contributed by atoms with Crippen LogP contribution in [0.2, 0.25) is 0 Å². The molecule has 16 nitrogen and oxygen atoms in total. The Kier molecular flexibility index (Phi) is 18.9. The lowest BCUT2D eigenvalue weighted by Crippen LogP contribution is -2.42. The number of nitrogens with one attached hydrogen (secondary N) is 2. The molecule has 18 rings (SSSR count). The highest BCUT2D eigenvalue weighted by molar-refractivity contribution is 7.19. The second kappa shape index (κ2) is 28.1. The summed E-state index contributed by atoms with van der Waals surface area (Å²) in [4.78, 5) is 53.0. The van der Waals surface area contributed by atoms with E-state index in [1.54, 1.807) is 18.2 Å². The molecule has 2 N–H and O–H groups in total. The molecule has 7 aliphatic rings. The summed E-state index contributed by atoms with van der Waals surface area (Å²) in [6.07, 6.45) is 2.01. The molecule has 0 amide bonds. The number of rotatable bonds is 12. The lowest BCUT2D eigenvalue weighted by molar-refractivity contribution is -0.127. The van der Waals surface area contributed by atoms with E-state index >= 15 is 0 Å². The summed E-state index contributed by atoms with van der Waals surface area (Å²) in [6, 6.07) is 26.2. The Hall–Kier alpha value is -8.77. The van der Waals surface area contributed by atoms with Gasteiger partial charge >= 0.3 is 18.5 Å². The molecule has 6 saturated heterocycles. The first kappa shape index (κ1) is 71.5. The standard InChI is InChI=1S/C27H27F3N6S.C26H25F3N6S.C25H25F3N4S/c1-17-18(3-4-22-20(17)12-23(31-2)34-22)14-35-8-5-26(15-35)6-9-36(10-7-26)24-21-11-19(13-27(28,29)30)37-25(21)33-16-32-24;1-16-17(2-3-22-20(16)8-18(11-30)33-22)12-34-6-4-25(13-34)5-7-35(14-25)23-21-9-19(10-26(27,28)29)36-24(21)32-15-31-23;26-25(27,28)12-20-11-21-22(29-16-30-23(21)33-20)32-9-7-24(15-32)6-8-31(14-24)13-17-4-5-18-2-1-3-19(18)10-17/h3-4,11-12,16,34H,5-10,13-15H2,1H3;2-3,8-9,15,33H,4-7,10,12-14H2,1H3;1-2,4-5,10-11,16H,3,6-9,12-15H2. The van der Waals surface area contributed by atoms with Crippen molar-refractivity contribution >= 4 is 116 Å². The van der Waals surface area contributed by atoms with Gasteiger partial charge < -0.3 is 29.5 Å². The van der Waals surface area contributed by atoms with Crippen LogP contribution in [0.1, 0.15) is 104 Å². The van der Waals surface area contributed by atoms with E-state index in [0.29, 0.717) is 30.9 Å². The molecule has 0 saturated carbocycles. The van der Waals surface area contributed by atoms with Crippen molar-refractivity contribution in [3.05, 3.63) is 169 Å². The van der Waals surface area contributed by atoms with Crippen LogP contribution < -0.4 is 14.7 Å². The van der Waals surface area contributed by atoms with E-state index in [9.17, 15) is 44.8 Å². The monoisotopic (exact) mass is 1500 g/mol. The summed E-state index contributed by atoms with van der Waals surface area (Å²) >= 11 is 3.33. The maximum Gasteiger partial charge on any atom is 0.393 e. The van der Waals surface area contributed by atoms with Crippen molar-refractivity contribution in [1.29, 1.82) is 5.26 Å². The van der Waals surface area contributed by atoms with E-state index in [1.165, 1.54) is 57.9 Å². The van der Waals surface area contributed by atoms with Crippen LogP contribution in [-0.4, -0.2) is 152 Å². The third-order valence-corrected chi connectivity index (χ3v) is 26.1. The summed E-state index contributed by atoms with van der Waals surface area (Å²) in [5.41, 5.74) is 12.3. The average Bonchev–Trinajstić information content (AvgIpc) is 1.60. The normalized spacial score (nSPS) is 20.6. The Bertz CT molecular complexity index is 5260. The fourth-order valence-corrected chi connectivity index (χ4v) is 20.7. The van der Waals surface area contributed by atoms with Crippen molar-refractivity contribution in [2.45, 2.75) is 123 Å². The minimum absolute atomic E-state index is 0.155. The zero-order valence-corrected chi connectivity index (χ0v) is 61.0. The molecule has 550 valence electrons. The first-order chi connectivity index (χ1) is 50.8. The van der Waals surface area contributed by atoms with Crippen molar-refractivity contribution in [2.24, 2.45) is 16.2 Å². The van der Waals surface area contributed by atoms with Gasteiger partial charge in [0.25, 0.3) is 0 Å². The van der Waals surface area contributed by atoms with E-state index in [4.69, 9.17) is 6.57 Å². The van der Waals surface area contributed by atoms with E-state index in [2.05, 4.69) is 149 Å². The highest BCUT2D eigenvalue weighted by Gasteiger charge is 2.47. The number of allylic oxidation sites excluding steroid dienone is 1. The number of aromatic nitrogens is 8. The van der Waals surface area contributed by atoms with Gasteiger partial charge in [0, 0.05) is 120 Å². The van der Waals surface area contributed by atoms with Gasteiger partial charge in [0.2, 0.25) is 5.82 Å². The fraction of sp³-hybridized carbons (Fsp3) is 0.436. The highest BCUT2D eigenvalue weighted by atomic mass is 32.1. The number of piperidine rings is 1. The summed E-state index contributed by atoms with van der Waals surface area (Å²) in [5.74, 6) is 2.86. The molecule has 6 fully saturated rings. The Balaban J connectivity index is 0.000000122. The van der Waals surface area contributed by atoms with Crippen molar-refractivity contribution in [3.63, 3.8) is 0 Å². The third-order valence-electron chi connectivity index (χ3n) is 23.0. The number of anilines is 3. The molecule has 3 aromatic carbocycles. The van der Waals surface area contributed by atoms with Crippen molar-refractivity contribution < 1.29 is 39.5 Å². The van der Waals surface area contributed by atoms with Gasteiger partial charge in [-0.2, -0.15) is 44.8 Å². The quantitative estimate of drug-likeness (QED) is 0.0881. The number of fused-ring (bicyclic) bond motifs is 6. The summed E-state index contributed by atoms with van der Waals surface area (Å²) in [7, 11) is 0. The molecule has 0 radical (unpaired) electrons. The number of nitrogens with zero attached hydrogens (tertiary/aromatic N) is 14. The molecule has 3 spiro atoms. The summed E-state index contributed by atoms with van der Waals surface area (Å²) in [6.45, 7) is 25.6. The molecule has 1 aliphatic carbocycles. The van der Waals surface area contributed by atoms with Gasteiger partial charge in [-0.3, -0.25) is 14.7 Å². The van der Waals surface area contributed by atoms with Crippen molar-refractivity contribution in [1.82, 2.24) is 54.6 Å². The Labute approximate surface area is 618 Å². The van der Waals surface area contributed by atoms with Crippen LogP contribution in [-0.2, 0) is 45.3 Å². The largest absolute Gasteiger partial charge is 0.393 e.